The lowest BCUT2D eigenvalue weighted by Gasteiger charge is -1.85. The molecule has 0 saturated carbocycles. The lowest BCUT2D eigenvalue weighted by atomic mass is 10.4. The van der Waals surface area contributed by atoms with E-state index in [1.807, 2.05) is 6.92 Å². The van der Waals surface area contributed by atoms with E-state index in [1.165, 1.54) is 0 Å². The minimum absolute atomic E-state index is 0.637. The number of hydrogen-bond acceptors (Lipinski definition) is 1. The summed E-state index contributed by atoms with van der Waals surface area (Å²) in [5, 5.41) is 0. The highest BCUT2D eigenvalue weighted by molar-refractivity contribution is 8.08. The molecule has 1 atom stereocenters. The Kier molecular flexibility index (Phi) is 4.88. The molecule has 44 valence electrons. The second-order valence-electron chi connectivity index (χ2n) is 1.35. The van der Waals surface area contributed by atoms with Gasteiger partial charge in [0, 0.05) is 5.75 Å². The summed E-state index contributed by atoms with van der Waals surface area (Å²) in [7, 11) is 4.04. The number of unbranched alkanes of at least 4 members (excludes halogenated alkanes) is 1. The van der Waals surface area contributed by atoms with E-state index in [0.29, 0.717) is 5.75 Å². The molecule has 0 aliphatic rings. The Morgan fingerprint density at radius 3 is 2.43 bits per heavy atom. The van der Waals surface area contributed by atoms with Crippen LogP contribution in [0, 0.1) is 0 Å². The Morgan fingerprint density at radius 1 is 1.71 bits per heavy atom. The van der Waals surface area contributed by atoms with Gasteiger partial charge in [0.2, 0.25) is 0 Å². The molecule has 0 amide bonds. The summed E-state index contributed by atoms with van der Waals surface area (Å²) in [6.45, 7) is 2.05. The van der Waals surface area contributed by atoms with E-state index in [2.05, 4.69) is 0 Å². The minimum atomic E-state index is -1.09. The van der Waals surface area contributed by atoms with Gasteiger partial charge in [-0.1, -0.05) is 13.3 Å². The third-order valence-electron chi connectivity index (χ3n) is 0.658. The lowest BCUT2D eigenvalue weighted by molar-refractivity contribution is 0.688. The van der Waals surface area contributed by atoms with Crippen molar-refractivity contribution < 1.29 is 4.21 Å². The van der Waals surface area contributed by atoms with Crippen molar-refractivity contribution in [3.05, 3.63) is 0 Å². The molecule has 0 aromatic carbocycles. The van der Waals surface area contributed by atoms with Gasteiger partial charge in [-0.05, 0) is 17.1 Å². The van der Waals surface area contributed by atoms with Crippen LogP contribution in [0.4, 0.5) is 0 Å². The Labute approximate surface area is 51.0 Å². The molecule has 0 radical (unpaired) electrons. The summed E-state index contributed by atoms with van der Waals surface area (Å²) in [6.07, 6.45) is 2.04. The van der Waals surface area contributed by atoms with Gasteiger partial charge in [0.1, 0.15) is 10.0 Å². The summed E-state index contributed by atoms with van der Waals surface area (Å²) in [5.41, 5.74) is 0. The van der Waals surface area contributed by atoms with Gasteiger partial charge >= 0.3 is 0 Å². The molecule has 1 nitrogen and oxygen atoms in total. The predicted molar refractivity (Wildman–Crippen MR) is 33.8 cm³/mol. The topological polar surface area (TPSA) is 17.1 Å². The van der Waals surface area contributed by atoms with Crippen LogP contribution in [0.2, 0.25) is 0 Å². The monoisotopic (exact) mass is 140 g/mol. The summed E-state index contributed by atoms with van der Waals surface area (Å²) in [6, 6.07) is 0. The maximum Gasteiger partial charge on any atom is 0.114 e. The van der Waals surface area contributed by atoms with Crippen molar-refractivity contribution in [2.45, 2.75) is 19.8 Å². The van der Waals surface area contributed by atoms with Crippen LogP contribution in [-0.2, 0) is 10.0 Å². The SMILES string of the molecule is CCCCS(=O)Cl. The van der Waals surface area contributed by atoms with Gasteiger partial charge in [-0.15, -0.1) is 0 Å². The van der Waals surface area contributed by atoms with Gasteiger partial charge in [-0.25, -0.2) is 4.21 Å². The van der Waals surface area contributed by atoms with Crippen molar-refractivity contribution in [3.8, 4) is 0 Å². The highest BCUT2D eigenvalue weighted by Crippen LogP contribution is 1.93. The zero-order valence-corrected chi connectivity index (χ0v) is 5.89. The first-order chi connectivity index (χ1) is 3.27. The lowest BCUT2D eigenvalue weighted by Crippen LogP contribution is -1.85. The van der Waals surface area contributed by atoms with E-state index in [4.69, 9.17) is 10.7 Å². The molecule has 1 unspecified atom stereocenters. The molecule has 0 aliphatic carbocycles. The smallest absolute Gasteiger partial charge is 0.114 e. The number of rotatable bonds is 3. The first-order valence-electron chi connectivity index (χ1n) is 2.32. The van der Waals surface area contributed by atoms with E-state index in [0.717, 1.165) is 12.8 Å². The van der Waals surface area contributed by atoms with Gasteiger partial charge in [-0.3, -0.25) is 0 Å². The molecule has 0 saturated heterocycles. The third kappa shape index (κ3) is 6.44. The zero-order chi connectivity index (χ0) is 5.70. The van der Waals surface area contributed by atoms with Crippen molar-refractivity contribution in [2.75, 3.05) is 5.75 Å². The molecule has 0 fully saturated rings. The van der Waals surface area contributed by atoms with Crippen LogP contribution < -0.4 is 0 Å². The molecule has 0 spiro atoms. The summed E-state index contributed by atoms with van der Waals surface area (Å²) < 4.78 is 10.1. The first kappa shape index (κ1) is 7.44. The maximum absolute atomic E-state index is 10.1. The largest absolute Gasteiger partial charge is 0.243 e. The van der Waals surface area contributed by atoms with Crippen molar-refractivity contribution in [2.24, 2.45) is 0 Å². The van der Waals surface area contributed by atoms with Crippen LogP contribution in [0.15, 0.2) is 0 Å². The van der Waals surface area contributed by atoms with Crippen LogP contribution in [0.1, 0.15) is 19.8 Å². The van der Waals surface area contributed by atoms with Crippen molar-refractivity contribution in [1.29, 1.82) is 0 Å². The highest BCUT2D eigenvalue weighted by Gasteiger charge is 1.88. The van der Waals surface area contributed by atoms with Crippen molar-refractivity contribution in [3.63, 3.8) is 0 Å². The Bertz CT molecular complexity index is 64.7. The maximum atomic E-state index is 10.1. The van der Waals surface area contributed by atoms with E-state index in [-0.39, 0.29) is 0 Å². The molecule has 0 heterocycles. The Morgan fingerprint density at radius 2 is 2.29 bits per heavy atom. The van der Waals surface area contributed by atoms with E-state index >= 15 is 0 Å². The molecular formula is C4H9ClOS. The molecule has 0 N–H and O–H groups in total. The third-order valence-corrected chi connectivity index (χ3v) is 1.73. The van der Waals surface area contributed by atoms with Crippen LogP contribution >= 0.6 is 10.7 Å². The summed E-state index contributed by atoms with van der Waals surface area (Å²) in [5.74, 6) is 0.637. The van der Waals surface area contributed by atoms with Crippen molar-refractivity contribution >= 4 is 20.7 Å². The average molecular weight is 141 g/mol. The predicted octanol–water partition coefficient (Wildman–Crippen LogP) is 1.69. The molecule has 0 aromatic rings. The van der Waals surface area contributed by atoms with E-state index in [9.17, 15) is 4.21 Å². The van der Waals surface area contributed by atoms with Crippen LogP contribution in [0.25, 0.3) is 0 Å². The minimum Gasteiger partial charge on any atom is -0.243 e. The van der Waals surface area contributed by atoms with Crippen LogP contribution in [-0.4, -0.2) is 9.96 Å². The fraction of sp³-hybridized carbons (Fsp3) is 1.00. The van der Waals surface area contributed by atoms with Gasteiger partial charge in [0.25, 0.3) is 0 Å². The second kappa shape index (κ2) is 4.60. The normalized spacial score (nSPS) is 14.0. The number of halogens is 1. The zero-order valence-electron chi connectivity index (χ0n) is 4.32. The average Bonchev–Trinajstić information content (AvgIpc) is 1.61. The van der Waals surface area contributed by atoms with Crippen LogP contribution in [0.3, 0.4) is 0 Å². The Balaban J connectivity index is 2.82. The van der Waals surface area contributed by atoms with Gasteiger partial charge in [-0.2, -0.15) is 0 Å². The highest BCUT2D eigenvalue weighted by atomic mass is 35.7. The Hall–Kier alpha value is 0.440. The van der Waals surface area contributed by atoms with E-state index < -0.39 is 10.0 Å². The molecule has 3 heteroatoms. The molecule has 7 heavy (non-hydrogen) atoms. The molecule has 0 rings (SSSR count). The van der Waals surface area contributed by atoms with Crippen molar-refractivity contribution in [1.82, 2.24) is 0 Å². The molecule has 0 aromatic heterocycles. The fourth-order valence-corrected chi connectivity index (χ4v) is 1.10. The fourth-order valence-electron chi connectivity index (χ4n) is 0.258. The molecule has 0 bridgehead atoms. The summed E-state index contributed by atoms with van der Waals surface area (Å²) >= 11 is 0. The van der Waals surface area contributed by atoms with Crippen LogP contribution in [0.5, 0.6) is 0 Å². The molecular weight excluding hydrogens is 132 g/mol. The number of hydrogen-bond donors (Lipinski definition) is 0. The standard InChI is InChI=1S/C4H9ClOS/c1-2-3-4-7(5)6/h2-4H2,1H3. The molecule has 0 aliphatic heterocycles. The van der Waals surface area contributed by atoms with Gasteiger partial charge < -0.3 is 0 Å². The van der Waals surface area contributed by atoms with Gasteiger partial charge in [0.15, 0.2) is 0 Å². The quantitative estimate of drug-likeness (QED) is 0.546. The van der Waals surface area contributed by atoms with E-state index in [1.54, 1.807) is 0 Å². The summed E-state index contributed by atoms with van der Waals surface area (Å²) in [4.78, 5) is 0. The first-order valence-corrected chi connectivity index (χ1v) is 4.46. The second-order valence-corrected chi connectivity index (χ2v) is 3.37. The van der Waals surface area contributed by atoms with Gasteiger partial charge in [0.05, 0.1) is 0 Å².